The van der Waals surface area contributed by atoms with Crippen LogP contribution in [0.15, 0.2) is 29.2 Å². The molecule has 0 aromatic heterocycles. The molecular formula is C13H17NO5S. The lowest BCUT2D eigenvalue weighted by Crippen LogP contribution is -2.50. The van der Waals surface area contributed by atoms with Gasteiger partial charge in [0, 0.05) is 32.3 Å². The Bertz CT molecular complexity index is 605. The quantitative estimate of drug-likeness (QED) is 0.866. The van der Waals surface area contributed by atoms with Gasteiger partial charge in [-0.15, -0.1) is 0 Å². The van der Waals surface area contributed by atoms with Gasteiger partial charge in [-0.05, 0) is 12.1 Å². The molecule has 0 unspecified atom stereocenters. The van der Waals surface area contributed by atoms with E-state index in [1.54, 1.807) is 18.2 Å². The SMILES string of the molecule is CS(=O)(=O)c1ccccc1NC1(C(=O)O)CCOCC1. The highest BCUT2D eigenvalue weighted by Gasteiger charge is 2.40. The maximum atomic E-state index is 11.8. The van der Waals surface area contributed by atoms with E-state index in [0.717, 1.165) is 6.26 Å². The second-order valence-electron chi connectivity index (χ2n) is 4.89. The molecule has 0 saturated carbocycles. The normalized spacial score (nSPS) is 18.4. The van der Waals surface area contributed by atoms with E-state index >= 15 is 0 Å². The van der Waals surface area contributed by atoms with Gasteiger partial charge in [0.15, 0.2) is 9.84 Å². The number of carbonyl (C=O) groups is 1. The molecule has 1 aliphatic rings. The summed E-state index contributed by atoms with van der Waals surface area (Å²) in [6.45, 7) is 0.667. The molecule has 1 heterocycles. The Morgan fingerprint density at radius 3 is 2.45 bits per heavy atom. The van der Waals surface area contributed by atoms with Crippen LogP contribution in [0.25, 0.3) is 0 Å². The second kappa shape index (κ2) is 5.41. The van der Waals surface area contributed by atoms with Crippen molar-refractivity contribution in [3.63, 3.8) is 0 Å². The molecule has 7 heteroatoms. The van der Waals surface area contributed by atoms with Crippen LogP contribution < -0.4 is 5.32 Å². The molecule has 0 radical (unpaired) electrons. The summed E-state index contributed by atoms with van der Waals surface area (Å²) < 4.78 is 28.7. The summed E-state index contributed by atoms with van der Waals surface area (Å²) in [5, 5.41) is 12.4. The predicted octanol–water partition coefficient (Wildman–Crippen LogP) is 1.14. The van der Waals surface area contributed by atoms with Crippen molar-refractivity contribution in [2.45, 2.75) is 23.3 Å². The molecule has 1 aromatic carbocycles. The molecule has 110 valence electrons. The first kappa shape index (κ1) is 14.8. The number of aliphatic carboxylic acids is 1. The minimum atomic E-state index is -3.42. The third-order valence-electron chi connectivity index (χ3n) is 3.42. The summed E-state index contributed by atoms with van der Waals surface area (Å²) >= 11 is 0. The van der Waals surface area contributed by atoms with Gasteiger partial charge in [0.2, 0.25) is 0 Å². The predicted molar refractivity (Wildman–Crippen MR) is 73.6 cm³/mol. The van der Waals surface area contributed by atoms with Crippen molar-refractivity contribution in [3.05, 3.63) is 24.3 Å². The highest BCUT2D eigenvalue weighted by molar-refractivity contribution is 7.90. The second-order valence-corrected chi connectivity index (χ2v) is 6.88. The summed E-state index contributed by atoms with van der Waals surface area (Å²) in [4.78, 5) is 11.7. The first-order valence-corrected chi connectivity index (χ1v) is 8.13. The largest absolute Gasteiger partial charge is 0.480 e. The molecule has 20 heavy (non-hydrogen) atoms. The Hall–Kier alpha value is -1.60. The van der Waals surface area contributed by atoms with Crippen LogP contribution in [0.4, 0.5) is 5.69 Å². The number of carboxylic acids is 1. The number of sulfone groups is 1. The third kappa shape index (κ3) is 2.94. The van der Waals surface area contributed by atoms with Crippen LogP contribution in [0.2, 0.25) is 0 Å². The van der Waals surface area contributed by atoms with Crippen molar-refractivity contribution in [2.24, 2.45) is 0 Å². The van der Waals surface area contributed by atoms with E-state index < -0.39 is 21.3 Å². The van der Waals surface area contributed by atoms with E-state index in [9.17, 15) is 18.3 Å². The van der Waals surface area contributed by atoms with Crippen molar-refractivity contribution < 1.29 is 23.1 Å². The van der Waals surface area contributed by atoms with Crippen LogP contribution in [-0.4, -0.2) is 44.5 Å². The number of hydrogen-bond acceptors (Lipinski definition) is 5. The van der Waals surface area contributed by atoms with Gasteiger partial charge in [-0.3, -0.25) is 0 Å². The summed E-state index contributed by atoms with van der Waals surface area (Å²) in [5.41, 5.74) is -0.863. The zero-order chi connectivity index (χ0) is 14.8. The number of para-hydroxylation sites is 1. The van der Waals surface area contributed by atoms with Gasteiger partial charge in [0.1, 0.15) is 5.54 Å². The molecule has 0 amide bonds. The van der Waals surface area contributed by atoms with Crippen molar-refractivity contribution >= 4 is 21.5 Å². The van der Waals surface area contributed by atoms with Crippen molar-refractivity contribution in [3.8, 4) is 0 Å². The molecule has 0 aliphatic carbocycles. The molecule has 1 aliphatic heterocycles. The van der Waals surface area contributed by atoms with Gasteiger partial charge in [-0.2, -0.15) is 0 Å². The lowest BCUT2D eigenvalue weighted by atomic mass is 9.90. The average molecular weight is 299 g/mol. The van der Waals surface area contributed by atoms with Crippen LogP contribution in [0.5, 0.6) is 0 Å². The third-order valence-corrected chi connectivity index (χ3v) is 4.57. The highest BCUT2D eigenvalue weighted by Crippen LogP contribution is 2.30. The van der Waals surface area contributed by atoms with E-state index in [1.807, 2.05) is 0 Å². The Morgan fingerprint density at radius 2 is 1.90 bits per heavy atom. The minimum absolute atomic E-state index is 0.104. The first-order valence-electron chi connectivity index (χ1n) is 6.24. The summed E-state index contributed by atoms with van der Waals surface area (Å²) in [5.74, 6) is -0.996. The van der Waals surface area contributed by atoms with Crippen molar-refractivity contribution in [1.82, 2.24) is 0 Å². The first-order chi connectivity index (χ1) is 9.35. The average Bonchev–Trinajstić information content (AvgIpc) is 2.39. The fourth-order valence-electron chi connectivity index (χ4n) is 2.26. The Kier molecular flexibility index (Phi) is 4.01. The molecule has 1 aromatic rings. The maximum absolute atomic E-state index is 11.8. The maximum Gasteiger partial charge on any atom is 0.329 e. The van der Waals surface area contributed by atoms with Gasteiger partial charge in [-0.25, -0.2) is 13.2 Å². The summed E-state index contributed by atoms with van der Waals surface area (Å²) in [7, 11) is -3.42. The standard InChI is InChI=1S/C13H17NO5S/c1-20(17,18)11-5-3-2-4-10(11)14-13(12(15)16)6-8-19-9-7-13/h2-5,14H,6-9H2,1H3,(H,15,16). The number of benzene rings is 1. The van der Waals surface area contributed by atoms with Crippen LogP contribution >= 0.6 is 0 Å². The van der Waals surface area contributed by atoms with E-state index in [-0.39, 0.29) is 4.90 Å². The minimum Gasteiger partial charge on any atom is -0.480 e. The molecule has 0 atom stereocenters. The zero-order valence-corrected chi connectivity index (χ0v) is 11.9. The smallest absolute Gasteiger partial charge is 0.329 e. The van der Waals surface area contributed by atoms with Gasteiger partial charge in [0.05, 0.1) is 10.6 Å². The fraction of sp³-hybridized carbons (Fsp3) is 0.462. The van der Waals surface area contributed by atoms with Crippen molar-refractivity contribution in [2.75, 3.05) is 24.8 Å². The molecule has 1 fully saturated rings. The Labute approximate surface area is 117 Å². The number of rotatable bonds is 4. The molecule has 1 saturated heterocycles. The molecule has 6 nitrogen and oxygen atoms in total. The molecule has 2 rings (SSSR count). The Balaban J connectivity index is 2.40. The van der Waals surface area contributed by atoms with Gasteiger partial charge in [0.25, 0.3) is 0 Å². The lowest BCUT2D eigenvalue weighted by molar-refractivity contribution is -0.145. The summed E-state index contributed by atoms with van der Waals surface area (Å²) in [6.07, 6.45) is 1.69. The topological polar surface area (TPSA) is 92.7 Å². The highest BCUT2D eigenvalue weighted by atomic mass is 32.2. The van der Waals surface area contributed by atoms with E-state index in [0.29, 0.717) is 31.7 Å². The van der Waals surface area contributed by atoms with Gasteiger partial charge in [-0.1, -0.05) is 12.1 Å². The molecule has 2 N–H and O–H groups in total. The summed E-state index contributed by atoms with van der Waals surface area (Å²) in [6, 6.07) is 6.33. The van der Waals surface area contributed by atoms with Gasteiger partial charge >= 0.3 is 5.97 Å². The fourth-order valence-corrected chi connectivity index (χ4v) is 3.11. The lowest BCUT2D eigenvalue weighted by Gasteiger charge is -2.35. The zero-order valence-electron chi connectivity index (χ0n) is 11.1. The molecular weight excluding hydrogens is 282 g/mol. The number of nitrogens with one attached hydrogen (secondary N) is 1. The van der Waals surface area contributed by atoms with Crippen LogP contribution in [0, 0.1) is 0 Å². The van der Waals surface area contributed by atoms with Crippen LogP contribution in [-0.2, 0) is 19.4 Å². The molecule has 0 bridgehead atoms. The number of anilines is 1. The van der Waals surface area contributed by atoms with Crippen LogP contribution in [0.1, 0.15) is 12.8 Å². The van der Waals surface area contributed by atoms with E-state index in [1.165, 1.54) is 6.07 Å². The number of hydrogen-bond donors (Lipinski definition) is 2. The van der Waals surface area contributed by atoms with Gasteiger partial charge < -0.3 is 15.2 Å². The van der Waals surface area contributed by atoms with Crippen LogP contribution in [0.3, 0.4) is 0 Å². The number of carboxylic acid groups (broad SMARTS) is 1. The van der Waals surface area contributed by atoms with Crippen molar-refractivity contribution in [1.29, 1.82) is 0 Å². The van der Waals surface area contributed by atoms with E-state index in [4.69, 9.17) is 4.74 Å². The Morgan fingerprint density at radius 1 is 1.30 bits per heavy atom. The molecule has 0 spiro atoms. The van der Waals surface area contributed by atoms with E-state index in [2.05, 4.69) is 5.32 Å². The monoisotopic (exact) mass is 299 g/mol. The number of ether oxygens (including phenoxy) is 1.